The van der Waals surface area contributed by atoms with E-state index in [0.29, 0.717) is 16.7 Å². The van der Waals surface area contributed by atoms with Crippen molar-refractivity contribution in [3.63, 3.8) is 0 Å². The van der Waals surface area contributed by atoms with Crippen LogP contribution in [-0.4, -0.2) is 29.0 Å². The number of benzene rings is 2. The number of fused-ring (bicyclic) bond motifs is 1. The Labute approximate surface area is 179 Å². The van der Waals surface area contributed by atoms with E-state index in [-0.39, 0.29) is 11.5 Å². The highest BCUT2D eigenvalue weighted by Gasteiger charge is 2.15. The summed E-state index contributed by atoms with van der Waals surface area (Å²) >= 11 is 3.44. The molecule has 1 aromatic heterocycles. The average Bonchev–Trinajstić information content (AvgIpc) is 3.23. The maximum atomic E-state index is 13.1. The molecule has 0 N–H and O–H groups in total. The van der Waals surface area contributed by atoms with E-state index >= 15 is 0 Å². The minimum atomic E-state index is -0.150. The molecule has 4 rings (SSSR count). The molecule has 150 valence electrons. The second-order valence-electron chi connectivity index (χ2n) is 7.88. The largest absolute Gasteiger partial charge is 0.372 e. The zero-order valence-corrected chi connectivity index (χ0v) is 18.6. The van der Waals surface area contributed by atoms with Gasteiger partial charge in [0.05, 0.1) is 17.1 Å². The lowest BCUT2D eigenvalue weighted by Gasteiger charge is -2.18. The molecule has 2 aromatic carbocycles. The van der Waals surface area contributed by atoms with Crippen LogP contribution in [0.2, 0.25) is 0 Å². The Bertz CT molecular complexity index is 1140. The third kappa shape index (κ3) is 3.99. The van der Waals surface area contributed by atoms with E-state index in [1.165, 1.54) is 23.2 Å². The van der Waals surface area contributed by atoms with Crippen LogP contribution in [0.3, 0.4) is 0 Å². The summed E-state index contributed by atoms with van der Waals surface area (Å²) in [5.41, 5.74) is 3.95. The summed E-state index contributed by atoms with van der Waals surface area (Å²) in [6, 6.07) is 12.0. The average molecular weight is 453 g/mol. The summed E-state index contributed by atoms with van der Waals surface area (Å²) in [5, 5.41) is 5.11. The van der Waals surface area contributed by atoms with Crippen molar-refractivity contribution in [1.29, 1.82) is 0 Å². The fraction of sp³-hybridized carbons (Fsp3) is 0.348. The van der Waals surface area contributed by atoms with Crippen molar-refractivity contribution in [2.75, 3.05) is 18.0 Å². The van der Waals surface area contributed by atoms with Crippen LogP contribution in [0, 0.1) is 6.92 Å². The van der Waals surface area contributed by atoms with Crippen LogP contribution >= 0.6 is 15.9 Å². The van der Waals surface area contributed by atoms with Crippen LogP contribution < -0.4 is 10.5 Å². The summed E-state index contributed by atoms with van der Waals surface area (Å²) in [4.78, 5) is 20.2. The molecule has 1 aliphatic rings. The van der Waals surface area contributed by atoms with Crippen LogP contribution in [0.1, 0.15) is 49.6 Å². The molecule has 0 aliphatic carbocycles. The molecular weight excluding hydrogens is 428 g/mol. The second kappa shape index (κ2) is 8.11. The first-order valence-electron chi connectivity index (χ1n) is 10.1. The van der Waals surface area contributed by atoms with Crippen molar-refractivity contribution in [3.8, 4) is 0 Å². The minimum absolute atomic E-state index is 0.0755. The highest BCUT2D eigenvalue weighted by molar-refractivity contribution is 9.10. The predicted molar refractivity (Wildman–Crippen MR) is 123 cm³/mol. The molecule has 5 nitrogen and oxygen atoms in total. The van der Waals surface area contributed by atoms with Gasteiger partial charge in [0.2, 0.25) is 0 Å². The summed E-state index contributed by atoms with van der Waals surface area (Å²) in [6.07, 6.45) is 4.28. The Kier molecular flexibility index (Phi) is 5.54. The van der Waals surface area contributed by atoms with Crippen molar-refractivity contribution >= 4 is 38.7 Å². The quantitative estimate of drug-likeness (QED) is 0.518. The Morgan fingerprint density at radius 2 is 1.90 bits per heavy atom. The molecule has 6 heteroatoms. The smallest absolute Gasteiger partial charge is 0.282 e. The lowest BCUT2D eigenvalue weighted by Crippen LogP contribution is -2.23. The fourth-order valence-corrected chi connectivity index (χ4v) is 4.11. The fourth-order valence-electron chi connectivity index (χ4n) is 3.75. The van der Waals surface area contributed by atoms with Crippen molar-refractivity contribution < 1.29 is 0 Å². The van der Waals surface area contributed by atoms with Crippen molar-refractivity contribution in [2.45, 2.75) is 39.5 Å². The Hall–Kier alpha value is -2.47. The molecule has 1 fully saturated rings. The monoisotopic (exact) mass is 452 g/mol. The van der Waals surface area contributed by atoms with E-state index in [4.69, 9.17) is 4.98 Å². The van der Waals surface area contributed by atoms with Gasteiger partial charge in [0.1, 0.15) is 5.82 Å². The van der Waals surface area contributed by atoms with Gasteiger partial charge in [-0.2, -0.15) is 9.78 Å². The third-order valence-electron chi connectivity index (χ3n) is 5.39. The molecule has 0 unspecified atom stereocenters. The number of nitrogens with zero attached hydrogens (tertiary/aromatic N) is 4. The van der Waals surface area contributed by atoms with Gasteiger partial charge in [-0.3, -0.25) is 4.79 Å². The highest BCUT2D eigenvalue weighted by Crippen LogP contribution is 2.23. The first kappa shape index (κ1) is 19.8. The molecule has 0 saturated carbocycles. The topological polar surface area (TPSA) is 50.5 Å². The van der Waals surface area contributed by atoms with Gasteiger partial charge in [0.15, 0.2) is 0 Å². The van der Waals surface area contributed by atoms with Gasteiger partial charge in [-0.25, -0.2) is 4.98 Å². The normalized spacial score (nSPS) is 14.6. The summed E-state index contributed by atoms with van der Waals surface area (Å²) < 4.78 is 2.29. The molecule has 0 amide bonds. The van der Waals surface area contributed by atoms with Gasteiger partial charge in [-0.1, -0.05) is 35.8 Å². The zero-order valence-electron chi connectivity index (χ0n) is 17.0. The summed E-state index contributed by atoms with van der Waals surface area (Å²) in [7, 11) is 0. The van der Waals surface area contributed by atoms with Crippen LogP contribution in [0.15, 0.2) is 50.8 Å². The van der Waals surface area contributed by atoms with E-state index in [9.17, 15) is 4.79 Å². The summed E-state index contributed by atoms with van der Waals surface area (Å²) in [5.74, 6) is 0.735. The minimum Gasteiger partial charge on any atom is -0.372 e. The Balaban J connectivity index is 1.75. The second-order valence-corrected chi connectivity index (χ2v) is 8.80. The van der Waals surface area contributed by atoms with Gasteiger partial charge in [0, 0.05) is 29.2 Å². The van der Waals surface area contributed by atoms with Gasteiger partial charge in [-0.05, 0) is 61.2 Å². The SMILES string of the molecule is Cc1cc(N2CCCC2)ccc1C=Nn1c(C(C)C)nc2ccc(Br)cc2c1=O. The predicted octanol–water partition coefficient (Wildman–Crippen LogP) is 5.07. The molecule has 0 spiro atoms. The maximum Gasteiger partial charge on any atom is 0.282 e. The molecule has 1 aliphatic heterocycles. The number of anilines is 1. The van der Waals surface area contributed by atoms with E-state index in [1.807, 2.05) is 26.0 Å². The van der Waals surface area contributed by atoms with Gasteiger partial charge >= 0.3 is 0 Å². The number of aryl methyl sites for hydroxylation is 1. The molecule has 29 heavy (non-hydrogen) atoms. The lowest BCUT2D eigenvalue weighted by molar-refractivity contribution is 0.665. The van der Waals surface area contributed by atoms with Gasteiger partial charge in [-0.15, -0.1) is 0 Å². The first-order chi connectivity index (χ1) is 13.9. The van der Waals surface area contributed by atoms with Crippen molar-refractivity contribution in [1.82, 2.24) is 9.66 Å². The van der Waals surface area contributed by atoms with Crippen LogP contribution in [-0.2, 0) is 0 Å². The van der Waals surface area contributed by atoms with Gasteiger partial charge < -0.3 is 4.90 Å². The van der Waals surface area contributed by atoms with E-state index in [2.05, 4.69) is 51.1 Å². The summed E-state index contributed by atoms with van der Waals surface area (Å²) in [6.45, 7) is 8.38. The molecule has 0 atom stereocenters. The highest BCUT2D eigenvalue weighted by atomic mass is 79.9. The lowest BCUT2D eigenvalue weighted by atomic mass is 10.1. The number of hydrogen-bond donors (Lipinski definition) is 0. The number of aromatic nitrogens is 2. The zero-order chi connectivity index (χ0) is 20.5. The molecule has 1 saturated heterocycles. The maximum absolute atomic E-state index is 13.1. The first-order valence-corrected chi connectivity index (χ1v) is 10.9. The van der Waals surface area contributed by atoms with E-state index < -0.39 is 0 Å². The van der Waals surface area contributed by atoms with E-state index in [0.717, 1.165) is 28.7 Å². The Morgan fingerprint density at radius 3 is 2.59 bits per heavy atom. The standard InChI is InChI=1S/C23H25BrN4O/c1-15(2)22-26-21-9-7-18(24)13-20(21)23(29)28(22)25-14-17-6-8-19(12-16(17)3)27-10-4-5-11-27/h6-9,12-15H,4-5,10-11H2,1-3H3. The molecule has 0 radical (unpaired) electrons. The van der Waals surface area contributed by atoms with Gasteiger partial charge in [0.25, 0.3) is 5.56 Å². The number of hydrogen-bond acceptors (Lipinski definition) is 4. The third-order valence-corrected chi connectivity index (χ3v) is 5.88. The molecule has 3 aromatic rings. The number of rotatable bonds is 4. The van der Waals surface area contributed by atoms with Crippen LogP contribution in [0.25, 0.3) is 10.9 Å². The Morgan fingerprint density at radius 1 is 1.14 bits per heavy atom. The van der Waals surface area contributed by atoms with Crippen LogP contribution in [0.5, 0.6) is 0 Å². The molecular formula is C23H25BrN4O. The molecule has 2 heterocycles. The van der Waals surface area contributed by atoms with E-state index in [1.54, 1.807) is 12.3 Å². The number of halogens is 1. The van der Waals surface area contributed by atoms with Crippen molar-refractivity contribution in [2.24, 2.45) is 5.10 Å². The van der Waals surface area contributed by atoms with Crippen molar-refractivity contribution in [3.05, 3.63) is 68.2 Å². The molecule has 0 bridgehead atoms. The van der Waals surface area contributed by atoms with Crippen LogP contribution in [0.4, 0.5) is 5.69 Å².